The Bertz CT molecular complexity index is 598. The molecule has 110 valence electrons. The molecule has 1 atom stereocenters. The normalized spacial score (nSPS) is 11.8. The van der Waals surface area contributed by atoms with E-state index in [-0.39, 0.29) is 11.6 Å². The molecule has 1 unspecified atom stereocenters. The fraction of sp³-hybridized carbons (Fsp3) is 0.267. The summed E-state index contributed by atoms with van der Waals surface area (Å²) in [5.41, 5.74) is 0.999. The Labute approximate surface area is 132 Å². The summed E-state index contributed by atoms with van der Waals surface area (Å²) in [5.74, 6) is 0.393. The molecule has 1 amide bonds. The van der Waals surface area contributed by atoms with Crippen LogP contribution in [0.15, 0.2) is 40.9 Å². The van der Waals surface area contributed by atoms with Crippen LogP contribution in [-0.2, 0) is 0 Å². The maximum atomic E-state index is 12.0. The number of nitrogens with zero attached hydrogens (tertiary/aromatic N) is 2. The summed E-state index contributed by atoms with van der Waals surface area (Å²) in [6, 6.07) is 11.1. The van der Waals surface area contributed by atoms with Crippen molar-refractivity contribution in [3.63, 3.8) is 0 Å². The fourth-order valence-electron chi connectivity index (χ4n) is 1.61. The standard InChI is InChI=1S/C15H17BrN4O/c1-3-10(2)17-14-9-8-13(19-20-14)15(21)18-12-6-4-11(16)5-7-12/h4-10H,3H2,1-2H3,(H,17,20)(H,18,21). The van der Waals surface area contributed by atoms with Crippen LogP contribution in [-0.4, -0.2) is 22.1 Å². The van der Waals surface area contributed by atoms with Crippen LogP contribution >= 0.6 is 15.9 Å². The summed E-state index contributed by atoms with van der Waals surface area (Å²) in [6.45, 7) is 4.15. The van der Waals surface area contributed by atoms with Gasteiger partial charge >= 0.3 is 0 Å². The summed E-state index contributed by atoms with van der Waals surface area (Å²) >= 11 is 3.35. The van der Waals surface area contributed by atoms with Crippen LogP contribution in [0.5, 0.6) is 0 Å². The number of aromatic nitrogens is 2. The Morgan fingerprint density at radius 1 is 1.19 bits per heavy atom. The lowest BCUT2D eigenvalue weighted by molar-refractivity contribution is 0.102. The van der Waals surface area contributed by atoms with Crippen molar-refractivity contribution >= 4 is 33.3 Å². The van der Waals surface area contributed by atoms with Crippen molar-refractivity contribution < 1.29 is 4.79 Å². The third-order valence-corrected chi connectivity index (χ3v) is 3.53. The monoisotopic (exact) mass is 348 g/mol. The Balaban J connectivity index is 2.01. The average Bonchev–Trinajstić information content (AvgIpc) is 2.50. The van der Waals surface area contributed by atoms with E-state index >= 15 is 0 Å². The zero-order chi connectivity index (χ0) is 15.2. The number of hydrogen-bond acceptors (Lipinski definition) is 4. The van der Waals surface area contributed by atoms with Gasteiger partial charge in [0.2, 0.25) is 0 Å². The fourth-order valence-corrected chi connectivity index (χ4v) is 1.88. The minimum absolute atomic E-state index is 0.278. The number of carbonyl (C=O) groups excluding carboxylic acids is 1. The summed E-state index contributed by atoms with van der Waals surface area (Å²) in [7, 11) is 0. The number of halogens is 1. The highest BCUT2D eigenvalue weighted by Crippen LogP contribution is 2.15. The van der Waals surface area contributed by atoms with Gasteiger partial charge in [-0.2, -0.15) is 0 Å². The molecule has 2 rings (SSSR count). The molecule has 0 saturated heterocycles. The molecule has 21 heavy (non-hydrogen) atoms. The SMILES string of the molecule is CCC(C)Nc1ccc(C(=O)Nc2ccc(Br)cc2)nn1. The first kappa shape index (κ1) is 15.4. The number of hydrogen-bond donors (Lipinski definition) is 2. The van der Waals surface area contributed by atoms with Gasteiger partial charge in [0.25, 0.3) is 5.91 Å². The van der Waals surface area contributed by atoms with E-state index in [1.54, 1.807) is 12.1 Å². The lowest BCUT2D eigenvalue weighted by Crippen LogP contribution is -2.17. The van der Waals surface area contributed by atoms with Gasteiger partial charge in [0.05, 0.1) is 0 Å². The zero-order valence-corrected chi connectivity index (χ0v) is 13.5. The van der Waals surface area contributed by atoms with Gasteiger partial charge in [-0.15, -0.1) is 10.2 Å². The van der Waals surface area contributed by atoms with Gasteiger partial charge < -0.3 is 10.6 Å². The minimum atomic E-state index is -0.278. The number of nitrogens with one attached hydrogen (secondary N) is 2. The second kappa shape index (κ2) is 7.17. The van der Waals surface area contributed by atoms with Crippen LogP contribution in [0.25, 0.3) is 0 Å². The molecule has 2 aromatic rings. The summed E-state index contributed by atoms with van der Waals surface area (Å²) in [5, 5.41) is 13.9. The van der Waals surface area contributed by atoms with Crippen molar-refractivity contribution in [2.24, 2.45) is 0 Å². The maximum absolute atomic E-state index is 12.0. The first-order valence-electron chi connectivity index (χ1n) is 6.75. The van der Waals surface area contributed by atoms with E-state index < -0.39 is 0 Å². The predicted octanol–water partition coefficient (Wildman–Crippen LogP) is 3.70. The topological polar surface area (TPSA) is 66.9 Å². The molecule has 6 heteroatoms. The van der Waals surface area contributed by atoms with E-state index in [0.717, 1.165) is 10.9 Å². The molecule has 0 bridgehead atoms. The molecule has 1 heterocycles. The Kier molecular flexibility index (Phi) is 5.27. The molecule has 0 radical (unpaired) electrons. The molecule has 0 fully saturated rings. The molecule has 0 aliphatic rings. The largest absolute Gasteiger partial charge is 0.366 e. The average molecular weight is 349 g/mol. The number of anilines is 2. The number of rotatable bonds is 5. The Hall–Kier alpha value is -1.95. The molecule has 0 saturated carbocycles. The summed E-state index contributed by atoms with van der Waals surface area (Å²) in [4.78, 5) is 12.0. The Morgan fingerprint density at radius 2 is 1.90 bits per heavy atom. The van der Waals surface area contributed by atoms with Gasteiger partial charge in [0.1, 0.15) is 5.82 Å². The van der Waals surface area contributed by atoms with Gasteiger partial charge in [0.15, 0.2) is 5.69 Å². The van der Waals surface area contributed by atoms with Gasteiger partial charge in [0, 0.05) is 16.2 Å². The lowest BCUT2D eigenvalue weighted by atomic mass is 10.2. The molecule has 1 aromatic carbocycles. The maximum Gasteiger partial charge on any atom is 0.276 e. The minimum Gasteiger partial charge on any atom is -0.366 e. The van der Waals surface area contributed by atoms with Crippen molar-refractivity contribution in [1.29, 1.82) is 0 Å². The van der Waals surface area contributed by atoms with Crippen LogP contribution in [0, 0.1) is 0 Å². The summed E-state index contributed by atoms with van der Waals surface area (Å²) in [6.07, 6.45) is 0.994. The molecule has 2 N–H and O–H groups in total. The van der Waals surface area contributed by atoms with Crippen molar-refractivity contribution in [2.75, 3.05) is 10.6 Å². The number of carbonyl (C=O) groups is 1. The quantitative estimate of drug-likeness (QED) is 0.864. The first-order valence-corrected chi connectivity index (χ1v) is 7.55. The highest BCUT2D eigenvalue weighted by atomic mass is 79.9. The van der Waals surface area contributed by atoms with E-state index in [4.69, 9.17) is 0 Å². The highest BCUT2D eigenvalue weighted by molar-refractivity contribution is 9.10. The predicted molar refractivity (Wildman–Crippen MR) is 87.5 cm³/mol. The lowest BCUT2D eigenvalue weighted by Gasteiger charge is -2.11. The van der Waals surface area contributed by atoms with Gasteiger partial charge in [-0.25, -0.2) is 0 Å². The number of amides is 1. The second-order valence-corrected chi connectivity index (χ2v) is 5.63. The van der Waals surface area contributed by atoms with Crippen LogP contribution in [0.2, 0.25) is 0 Å². The number of benzene rings is 1. The smallest absolute Gasteiger partial charge is 0.276 e. The molecule has 1 aromatic heterocycles. The van der Waals surface area contributed by atoms with Crippen LogP contribution in [0.3, 0.4) is 0 Å². The van der Waals surface area contributed by atoms with Crippen molar-refractivity contribution in [2.45, 2.75) is 26.3 Å². The van der Waals surface area contributed by atoms with Crippen LogP contribution < -0.4 is 10.6 Å². The first-order chi connectivity index (χ1) is 10.1. The van der Waals surface area contributed by atoms with Crippen molar-refractivity contribution in [3.8, 4) is 0 Å². The highest BCUT2D eigenvalue weighted by Gasteiger charge is 2.09. The van der Waals surface area contributed by atoms with Crippen LogP contribution in [0.1, 0.15) is 30.8 Å². The van der Waals surface area contributed by atoms with Gasteiger partial charge in [-0.1, -0.05) is 22.9 Å². The zero-order valence-electron chi connectivity index (χ0n) is 11.9. The van der Waals surface area contributed by atoms with E-state index in [1.165, 1.54) is 0 Å². The van der Waals surface area contributed by atoms with Crippen LogP contribution in [0.4, 0.5) is 11.5 Å². The second-order valence-electron chi connectivity index (χ2n) is 4.72. The van der Waals surface area contributed by atoms with Crippen molar-refractivity contribution in [3.05, 3.63) is 46.6 Å². The third-order valence-electron chi connectivity index (χ3n) is 3.01. The van der Waals surface area contributed by atoms with E-state index in [0.29, 0.717) is 17.5 Å². The van der Waals surface area contributed by atoms with Crippen molar-refractivity contribution in [1.82, 2.24) is 10.2 Å². The van der Waals surface area contributed by atoms with Gasteiger partial charge in [-0.3, -0.25) is 4.79 Å². The van der Waals surface area contributed by atoms with E-state index in [1.807, 2.05) is 24.3 Å². The van der Waals surface area contributed by atoms with E-state index in [9.17, 15) is 4.79 Å². The molecule has 5 nitrogen and oxygen atoms in total. The van der Waals surface area contributed by atoms with E-state index in [2.05, 4.69) is 50.6 Å². The molecule has 0 aliphatic carbocycles. The molecular formula is C15H17BrN4O. The Morgan fingerprint density at radius 3 is 2.48 bits per heavy atom. The molecule has 0 aliphatic heterocycles. The van der Waals surface area contributed by atoms with Gasteiger partial charge in [-0.05, 0) is 49.7 Å². The summed E-state index contributed by atoms with van der Waals surface area (Å²) < 4.78 is 0.959. The molecular weight excluding hydrogens is 332 g/mol. The molecule has 0 spiro atoms. The third kappa shape index (κ3) is 4.53.